The van der Waals surface area contributed by atoms with Crippen molar-refractivity contribution in [2.24, 2.45) is 0 Å². The quantitative estimate of drug-likeness (QED) is 0.847. The molecule has 0 bridgehead atoms. The van der Waals surface area contributed by atoms with Gasteiger partial charge in [-0.2, -0.15) is 0 Å². The molecule has 19 heavy (non-hydrogen) atoms. The van der Waals surface area contributed by atoms with Crippen molar-refractivity contribution in [3.05, 3.63) is 71.0 Å². The molecule has 0 saturated carbocycles. The van der Waals surface area contributed by atoms with Crippen LogP contribution in [0.1, 0.15) is 42.6 Å². The zero-order valence-corrected chi connectivity index (χ0v) is 11.7. The highest BCUT2D eigenvalue weighted by Crippen LogP contribution is 2.21. The van der Waals surface area contributed by atoms with E-state index in [1.54, 1.807) is 6.07 Å². The number of rotatable bonds is 4. The van der Waals surface area contributed by atoms with Crippen LogP contribution in [0.25, 0.3) is 0 Å². The molecule has 0 heterocycles. The molecule has 2 aromatic rings. The minimum absolute atomic E-state index is 0.0169. The van der Waals surface area contributed by atoms with E-state index < -0.39 is 0 Å². The highest BCUT2D eigenvalue weighted by molar-refractivity contribution is 5.26. The molecule has 0 aromatic heterocycles. The Bertz CT molecular complexity index is 550. The number of aryl methyl sites for hydroxylation is 1. The van der Waals surface area contributed by atoms with Crippen LogP contribution in [-0.4, -0.2) is 0 Å². The third kappa shape index (κ3) is 3.42. The summed E-state index contributed by atoms with van der Waals surface area (Å²) in [4.78, 5) is 0. The molecule has 0 aliphatic carbocycles. The normalized spacial score (nSPS) is 14.1. The monoisotopic (exact) mass is 257 g/mol. The molecule has 2 aromatic carbocycles. The van der Waals surface area contributed by atoms with E-state index in [2.05, 4.69) is 43.4 Å². The van der Waals surface area contributed by atoms with Gasteiger partial charge in [0.2, 0.25) is 0 Å². The zero-order chi connectivity index (χ0) is 13.8. The number of hydrogen-bond acceptors (Lipinski definition) is 1. The first-order valence-electron chi connectivity index (χ1n) is 6.65. The molecule has 1 unspecified atom stereocenters. The van der Waals surface area contributed by atoms with Crippen molar-refractivity contribution in [1.82, 2.24) is 5.32 Å². The summed E-state index contributed by atoms with van der Waals surface area (Å²) >= 11 is 0. The fraction of sp³-hybridized carbons (Fsp3) is 0.294. The maximum absolute atomic E-state index is 13.7. The average molecular weight is 257 g/mol. The van der Waals surface area contributed by atoms with Gasteiger partial charge in [0.15, 0.2) is 0 Å². The smallest absolute Gasteiger partial charge is 0.127 e. The third-order valence-corrected chi connectivity index (χ3v) is 3.41. The first kappa shape index (κ1) is 13.8. The van der Waals surface area contributed by atoms with Crippen molar-refractivity contribution < 1.29 is 4.39 Å². The van der Waals surface area contributed by atoms with Gasteiger partial charge in [0.1, 0.15) is 5.82 Å². The topological polar surface area (TPSA) is 12.0 Å². The maximum atomic E-state index is 13.7. The van der Waals surface area contributed by atoms with Crippen molar-refractivity contribution in [2.45, 2.75) is 32.9 Å². The second-order valence-corrected chi connectivity index (χ2v) is 5.05. The van der Waals surface area contributed by atoms with Crippen LogP contribution in [0, 0.1) is 12.7 Å². The van der Waals surface area contributed by atoms with Crippen LogP contribution in [0.3, 0.4) is 0 Å². The summed E-state index contributed by atoms with van der Waals surface area (Å²) in [6, 6.07) is 15.5. The Labute approximate surface area is 114 Å². The van der Waals surface area contributed by atoms with E-state index in [0.29, 0.717) is 5.56 Å². The lowest BCUT2D eigenvalue weighted by molar-refractivity contribution is 0.474. The fourth-order valence-corrected chi connectivity index (χ4v) is 2.33. The van der Waals surface area contributed by atoms with Crippen molar-refractivity contribution >= 4 is 0 Å². The first-order valence-corrected chi connectivity index (χ1v) is 6.65. The number of benzene rings is 2. The van der Waals surface area contributed by atoms with Crippen molar-refractivity contribution in [3.8, 4) is 0 Å². The summed E-state index contributed by atoms with van der Waals surface area (Å²) in [7, 11) is 0. The molecule has 0 aliphatic heterocycles. The lowest BCUT2D eigenvalue weighted by Gasteiger charge is -2.21. The Hall–Kier alpha value is -1.67. The summed E-state index contributed by atoms with van der Waals surface area (Å²) in [6.45, 7) is 6.17. The van der Waals surface area contributed by atoms with E-state index in [9.17, 15) is 4.39 Å². The van der Waals surface area contributed by atoms with E-state index in [1.807, 2.05) is 19.1 Å². The highest BCUT2D eigenvalue weighted by atomic mass is 19.1. The van der Waals surface area contributed by atoms with Crippen molar-refractivity contribution in [1.29, 1.82) is 0 Å². The number of hydrogen-bond donors (Lipinski definition) is 1. The molecule has 0 spiro atoms. The fourth-order valence-electron chi connectivity index (χ4n) is 2.33. The predicted octanol–water partition coefficient (Wildman–Crippen LogP) is 4.55. The second kappa shape index (κ2) is 5.98. The van der Waals surface area contributed by atoms with Gasteiger partial charge in [-0.05, 0) is 32.4 Å². The lowest BCUT2D eigenvalue weighted by atomic mass is 10.0. The van der Waals surface area contributed by atoms with Crippen LogP contribution >= 0.6 is 0 Å². The summed E-state index contributed by atoms with van der Waals surface area (Å²) in [6.07, 6.45) is 0. The SMILES string of the molecule is Cc1cccc([C@@H](C)NC(C)c2ccccc2F)c1. The van der Waals surface area contributed by atoms with Gasteiger partial charge in [-0.15, -0.1) is 0 Å². The second-order valence-electron chi connectivity index (χ2n) is 5.05. The Morgan fingerprint density at radius 3 is 2.37 bits per heavy atom. The van der Waals surface area contributed by atoms with Crippen molar-refractivity contribution in [2.75, 3.05) is 0 Å². The lowest BCUT2D eigenvalue weighted by Crippen LogP contribution is -2.23. The van der Waals surface area contributed by atoms with Gasteiger partial charge in [-0.1, -0.05) is 48.0 Å². The van der Waals surface area contributed by atoms with Crippen LogP contribution in [0.2, 0.25) is 0 Å². The maximum Gasteiger partial charge on any atom is 0.127 e. The van der Waals surface area contributed by atoms with E-state index in [-0.39, 0.29) is 17.9 Å². The molecule has 0 saturated heterocycles. The van der Waals surface area contributed by atoms with Crippen LogP contribution in [0.4, 0.5) is 4.39 Å². The molecule has 1 nitrogen and oxygen atoms in total. The van der Waals surface area contributed by atoms with E-state index >= 15 is 0 Å². The summed E-state index contributed by atoms with van der Waals surface area (Å²) in [5.41, 5.74) is 3.18. The van der Waals surface area contributed by atoms with Gasteiger partial charge in [0.05, 0.1) is 0 Å². The summed E-state index contributed by atoms with van der Waals surface area (Å²) < 4.78 is 13.7. The van der Waals surface area contributed by atoms with Gasteiger partial charge in [-0.3, -0.25) is 0 Å². The van der Waals surface area contributed by atoms with Gasteiger partial charge in [0.25, 0.3) is 0 Å². The molecule has 2 atom stereocenters. The van der Waals surface area contributed by atoms with Crippen LogP contribution in [-0.2, 0) is 0 Å². The van der Waals surface area contributed by atoms with E-state index in [4.69, 9.17) is 0 Å². The minimum Gasteiger partial charge on any atom is -0.304 e. The van der Waals surface area contributed by atoms with Crippen LogP contribution in [0.5, 0.6) is 0 Å². The number of nitrogens with one attached hydrogen (secondary N) is 1. The van der Waals surface area contributed by atoms with Gasteiger partial charge in [-0.25, -0.2) is 4.39 Å². The van der Waals surface area contributed by atoms with Crippen LogP contribution < -0.4 is 5.32 Å². The molecule has 1 N–H and O–H groups in total. The largest absolute Gasteiger partial charge is 0.304 e. The predicted molar refractivity (Wildman–Crippen MR) is 77.5 cm³/mol. The van der Waals surface area contributed by atoms with Gasteiger partial charge >= 0.3 is 0 Å². The Balaban J connectivity index is 2.11. The Morgan fingerprint density at radius 2 is 1.68 bits per heavy atom. The Kier molecular flexibility index (Phi) is 4.33. The molecule has 0 fully saturated rings. The molecule has 0 amide bonds. The minimum atomic E-state index is -0.154. The van der Waals surface area contributed by atoms with Crippen LogP contribution in [0.15, 0.2) is 48.5 Å². The standard InChI is InChI=1S/C17H20FN/c1-12-7-6-8-15(11-12)13(2)19-14(3)16-9-4-5-10-17(16)18/h4-11,13-14,19H,1-3H3/t13-,14?/m1/s1. The van der Waals surface area contributed by atoms with Gasteiger partial charge in [0, 0.05) is 17.6 Å². The molecule has 2 heteroatoms. The Morgan fingerprint density at radius 1 is 0.947 bits per heavy atom. The molecule has 100 valence electrons. The van der Waals surface area contributed by atoms with E-state index in [0.717, 1.165) is 0 Å². The molecule has 0 aliphatic rings. The summed E-state index contributed by atoms with van der Waals surface area (Å²) in [5, 5.41) is 3.44. The molecular formula is C17H20FN. The summed E-state index contributed by atoms with van der Waals surface area (Å²) in [5.74, 6) is -0.154. The molecular weight excluding hydrogens is 237 g/mol. The molecule has 2 rings (SSSR count). The van der Waals surface area contributed by atoms with Crippen molar-refractivity contribution in [3.63, 3.8) is 0 Å². The van der Waals surface area contributed by atoms with Gasteiger partial charge < -0.3 is 5.32 Å². The third-order valence-electron chi connectivity index (χ3n) is 3.41. The average Bonchev–Trinajstić information content (AvgIpc) is 2.39. The molecule has 0 radical (unpaired) electrons. The first-order chi connectivity index (χ1) is 9.08. The van der Waals surface area contributed by atoms with E-state index in [1.165, 1.54) is 17.2 Å². The zero-order valence-electron chi connectivity index (χ0n) is 11.7. The number of halogens is 1. The highest BCUT2D eigenvalue weighted by Gasteiger charge is 2.13.